The number of rotatable bonds is 2. The van der Waals surface area contributed by atoms with Crippen molar-refractivity contribution in [2.45, 2.75) is 12.5 Å². The fourth-order valence-corrected chi connectivity index (χ4v) is 4.03. The van der Waals surface area contributed by atoms with Crippen LogP contribution in [0.3, 0.4) is 0 Å². The van der Waals surface area contributed by atoms with E-state index in [-0.39, 0.29) is 6.04 Å². The van der Waals surface area contributed by atoms with Gasteiger partial charge in [-0.25, -0.2) is 14.4 Å². The average Bonchev–Trinajstić information content (AvgIpc) is 3.06. The van der Waals surface area contributed by atoms with Gasteiger partial charge in [0.25, 0.3) is 0 Å². The molecular formula is C21H15ClFN4. The first-order valence-electron chi connectivity index (χ1n) is 8.71. The van der Waals surface area contributed by atoms with Gasteiger partial charge in [0, 0.05) is 28.2 Å². The summed E-state index contributed by atoms with van der Waals surface area (Å²) in [6.45, 7) is 0.724. The predicted molar refractivity (Wildman–Crippen MR) is 103 cm³/mol. The summed E-state index contributed by atoms with van der Waals surface area (Å²) in [5.74, 6) is 0.0686. The van der Waals surface area contributed by atoms with Crippen molar-refractivity contribution in [2.24, 2.45) is 0 Å². The average molecular weight is 378 g/mol. The van der Waals surface area contributed by atoms with Crippen LogP contribution in [0.15, 0.2) is 54.9 Å². The van der Waals surface area contributed by atoms with Crippen molar-refractivity contribution in [1.82, 2.24) is 15.0 Å². The number of nitrogens with zero attached hydrogens (tertiary/aromatic N) is 3. The first-order valence-corrected chi connectivity index (χ1v) is 9.09. The Labute approximate surface area is 160 Å². The summed E-state index contributed by atoms with van der Waals surface area (Å²) >= 11 is 6.23. The number of aromatic nitrogens is 3. The van der Waals surface area contributed by atoms with Gasteiger partial charge in [-0.1, -0.05) is 35.9 Å². The van der Waals surface area contributed by atoms with E-state index in [1.165, 1.54) is 18.0 Å². The molecule has 4 aromatic rings. The van der Waals surface area contributed by atoms with Crippen LogP contribution >= 0.6 is 11.6 Å². The van der Waals surface area contributed by atoms with Crippen LogP contribution in [0.1, 0.15) is 22.9 Å². The zero-order valence-electron chi connectivity index (χ0n) is 14.3. The molecule has 1 radical (unpaired) electrons. The Hall–Kier alpha value is -2.92. The largest absolute Gasteiger partial charge is 0.356 e. The van der Waals surface area contributed by atoms with Gasteiger partial charge >= 0.3 is 0 Å². The second-order valence-electron chi connectivity index (χ2n) is 6.59. The number of hydrogen-bond acceptors (Lipinski definition) is 3. The molecular weight excluding hydrogens is 363 g/mol. The van der Waals surface area contributed by atoms with Crippen molar-refractivity contribution in [3.8, 4) is 0 Å². The van der Waals surface area contributed by atoms with E-state index in [1.807, 2.05) is 42.5 Å². The fraction of sp³-hybridized carbons (Fsp3) is 0.143. The van der Waals surface area contributed by atoms with Crippen LogP contribution in [0.4, 0.5) is 10.3 Å². The van der Waals surface area contributed by atoms with Crippen molar-refractivity contribution < 1.29 is 4.39 Å². The van der Waals surface area contributed by atoms with Crippen molar-refractivity contribution in [3.05, 3.63) is 88.6 Å². The minimum atomic E-state index is -0.442. The lowest BCUT2D eigenvalue weighted by Crippen LogP contribution is -2.37. The van der Waals surface area contributed by atoms with E-state index in [9.17, 15) is 4.39 Å². The van der Waals surface area contributed by atoms with E-state index in [0.29, 0.717) is 5.95 Å². The third-order valence-electron chi connectivity index (χ3n) is 5.01. The summed E-state index contributed by atoms with van der Waals surface area (Å²) < 4.78 is 13.3. The Kier molecular flexibility index (Phi) is 3.83. The molecule has 0 amide bonds. The highest BCUT2D eigenvalue weighted by Gasteiger charge is 2.33. The van der Waals surface area contributed by atoms with E-state index < -0.39 is 5.82 Å². The zero-order chi connectivity index (χ0) is 18.4. The summed E-state index contributed by atoms with van der Waals surface area (Å²) in [6.07, 6.45) is 3.24. The molecule has 5 rings (SSSR count). The summed E-state index contributed by atoms with van der Waals surface area (Å²) in [4.78, 5) is 14.1. The molecule has 1 N–H and O–H groups in total. The van der Waals surface area contributed by atoms with Crippen LogP contribution in [0.25, 0.3) is 10.9 Å². The van der Waals surface area contributed by atoms with E-state index in [0.717, 1.165) is 40.1 Å². The van der Waals surface area contributed by atoms with E-state index in [2.05, 4.69) is 25.9 Å². The molecule has 1 atom stereocenters. The smallest absolute Gasteiger partial charge is 0.226 e. The third-order valence-corrected chi connectivity index (χ3v) is 5.25. The number of hydrogen-bond donors (Lipinski definition) is 1. The standard InChI is InChI=1S/C21H15ClFN4/c22-14-6-7-18-17(10-14)16-8-9-27(21-24-11-15(23)12-25-21)20(19(16)26-18)13-4-2-1-3-5-13/h2-7,10-12,20,26H,8-9H2. The van der Waals surface area contributed by atoms with E-state index in [4.69, 9.17) is 11.6 Å². The molecule has 0 fully saturated rings. The van der Waals surface area contributed by atoms with Gasteiger partial charge in [-0.3, -0.25) is 0 Å². The highest BCUT2D eigenvalue weighted by Crippen LogP contribution is 2.40. The second-order valence-corrected chi connectivity index (χ2v) is 7.02. The quantitative estimate of drug-likeness (QED) is 0.550. The first-order chi connectivity index (χ1) is 13.2. The lowest BCUT2D eigenvalue weighted by molar-refractivity contribution is 0.596. The maximum absolute atomic E-state index is 13.3. The minimum absolute atomic E-state index is 0.0972. The second kappa shape index (κ2) is 6.35. The van der Waals surface area contributed by atoms with Gasteiger partial charge in [0.05, 0.1) is 18.4 Å². The van der Waals surface area contributed by atoms with Crippen LogP contribution < -0.4 is 4.90 Å². The summed E-state index contributed by atoms with van der Waals surface area (Å²) in [6, 6.07) is 16.7. The number of H-pyrrole nitrogens is 1. The molecule has 0 bridgehead atoms. The zero-order valence-corrected chi connectivity index (χ0v) is 15.0. The van der Waals surface area contributed by atoms with Crippen molar-refractivity contribution in [3.63, 3.8) is 0 Å². The highest BCUT2D eigenvalue weighted by atomic mass is 35.5. The SMILES string of the molecule is Fc1cnc(N2CCc3c([nH]c4ccc(Cl)cc34)C2c2cc[c]cc2)nc1. The Morgan fingerprint density at radius 2 is 1.93 bits per heavy atom. The molecule has 0 spiro atoms. The highest BCUT2D eigenvalue weighted by molar-refractivity contribution is 6.31. The van der Waals surface area contributed by atoms with Gasteiger partial charge in [-0.15, -0.1) is 0 Å². The number of aromatic amines is 1. The van der Waals surface area contributed by atoms with Crippen molar-refractivity contribution in [2.75, 3.05) is 11.4 Å². The van der Waals surface area contributed by atoms with Crippen LogP contribution in [-0.4, -0.2) is 21.5 Å². The van der Waals surface area contributed by atoms with Crippen molar-refractivity contribution >= 4 is 28.5 Å². The molecule has 3 heterocycles. The molecule has 27 heavy (non-hydrogen) atoms. The molecule has 6 heteroatoms. The molecule has 1 aliphatic rings. The number of benzene rings is 2. The molecule has 0 saturated carbocycles. The monoisotopic (exact) mass is 377 g/mol. The maximum Gasteiger partial charge on any atom is 0.226 e. The summed E-state index contributed by atoms with van der Waals surface area (Å²) in [5, 5.41) is 1.86. The van der Waals surface area contributed by atoms with E-state index >= 15 is 0 Å². The molecule has 4 nitrogen and oxygen atoms in total. The molecule has 2 aromatic heterocycles. The lowest BCUT2D eigenvalue weighted by atomic mass is 9.92. The van der Waals surface area contributed by atoms with Gasteiger partial charge in [0.1, 0.15) is 0 Å². The Balaban J connectivity index is 1.71. The molecule has 133 valence electrons. The normalized spacial score (nSPS) is 16.5. The molecule has 0 aliphatic carbocycles. The van der Waals surface area contributed by atoms with Gasteiger partial charge in [0.2, 0.25) is 5.95 Å². The van der Waals surface area contributed by atoms with Gasteiger partial charge in [-0.05, 0) is 41.8 Å². The van der Waals surface area contributed by atoms with Gasteiger partial charge < -0.3 is 9.88 Å². The van der Waals surface area contributed by atoms with Crippen LogP contribution in [0.2, 0.25) is 5.02 Å². The first kappa shape index (κ1) is 16.3. The molecule has 0 saturated heterocycles. The van der Waals surface area contributed by atoms with Gasteiger partial charge in [0.15, 0.2) is 5.82 Å². The molecule has 2 aromatic carbocycles. The number of halogens is 2. The maximum atomic E-state index is 13.3. The van der Waals surface area contributed by atoms with Crippen molar-refractivity contribution in [1.29, 1.82) is 0 Å². The number of fused-ring (bicyclic) bond motifs is 3. The fourth-order valence-electron chi connectivity index (χ4n) is 3.86. The Bertz CT molecular complexity index is 1110. The lowest BCUT2D eigenvalue weighted by Gasteiger charge is -2.36. The third kappa shape index (κ3) is 2.75. The Morgan fingerprint density at radius 3 is 2.70 bits per heavy atom. The Morgan fingerprint density at radius 1 is 1.15 bits per heavy atom. The van der Waals surface area contributed by atoms with E-state index in [1.54, 1.807) is 0 Å². The van der Waals surface area contributed by atoms with Crippen LogP contribution in [0.5, 0.6) is 0 Å². The topological polar surface area (TPSA) is 44.8 Å². The van der Waals surface area contributed by atoms with Crippen LogP contribution in [0, 0.1) is 11.9 Å². The van der Waals surface area contributed by atoms with Crippen LogP contribution in [-0.2, 0) is 6.42 Å². The predicted octanol–water partition coefficient (Wildman–Crippen LogP) is 4.70. The number of anilines is 1. The molecule has 1 aliphatic heterocycles. The van der Waals surface area contributed by atoms with Gasteiger partial charge in [-0.2, -0.15) is 0 Å². The summed E-state index contributed by atoms with van der Waals surface area (Å²) in [7, 11) is 0. The minimum Gasteiger partial charge on any atom is -0.356 e. The molecule has 1 unspecified atom stereocenters. The number of nitrogens with one attached hydrogen (secondary N) is 1. The summed E-state index contributed by atoms with van der Waals surface area (Å²) in [5.41, 5.74) is 4.50.